The van der Waals surface area contributed by atoms with Gasteiger partial charge in [0.2, 0.25) is 0 Å². The molecule has 0 fully saturated rings. The highest BCUT2D eigenvalue weighted by atomic mass is 16.5. The first-order chi connectivity index (χ1) is 14.5. The highest BCUT2D eigenvalue weighted by Gasteiger charge is 2.22. The van der Waals surface area contributed by atoms with Gasteiger partial charge in [0.05, 0.1) is 22.3 Å². The highest BCUT2D eigenvalue weighted by Crippen LogP contribution is 2.27. The Morgan fingerprint density at radius 3 is 2.47 bits per heavy atom. The Kier molecular flexibility index (Phi) is 6.41. The first kappa shape index (κ1) is 21.0. The standard InChI is InChI=1S/C23H24N4O3/c1-5-12-27(13-6-2)20(28)15-30-23(29)18-14-19(17-10-8-7-9-11-17)24-22-21(18)16(3)25-26(22)4/h5-11,14H,1-2,12-13,15H2,3-4H3. The van der Waals surface area contributed by atoms with Crippen molar-refractivity contribution in [2.75, 3.05) is 19.7 Å². The Labute approximate surface area is 175 Å². The molecule has 0 atom stereocenters. The normalized spacial score (nSPS) is 10.6. The van der Waals surface area contributed by atoms with Crippen molar-refractivity contribution in [3.05, 3.63) is 73.0 Å². The second-order valence-electron chi connectivity index (χ2n) is 6.78. The number of carbonyl (C=O) groups is 2. The fourth-order valence-corrected chi connectivity index (χ4v) is 3.25. The molecule has 7 heteroatoms. The number of esters is 1. The molecule has 0 unspecified atom stereocenters. The number of hydrogen-bond acceptors (Lipinski definition) is 5. The van der Waals surface area contributed by atoms with E-state index in [1.807, 2.05) is 37.3 Å². The Bertz CT molecular complexity index is 1090. The summed E-state index contributed by atoms with van der Waals surface area (Å²) in [4.78, 5) is 31.5. The molecule has 0 spiro atoms. The van der Waals surface area contributed by atoms with Gasteiger partial charge in [0.25, 0.3) is 5.91 Å². The topological polar surface area (TPSA) is 77.3 Å². The number of hydrogen-bond donors (Lipinski definition) is 0. The Morgan fingerprint density at radius 1 is 1.17 bits per heavy atom. The molecule has 0 aliphatic rings. The van der Waals surface area contributed by atoms with Crippen LogP contribution in [0.4, 0.5) is 0 Å². The lowest BCUT2D eigenvalue weighted by Crippen LogP contribution is -2.35. The van der Waals surface area contributed by atoms with Crippen LogP contribution >= 0.6 is 0 Å². The zero-order chi connectivity index (χ0) is 21.7. The summed E-state index contributed by atoms with van der Waals surface area (Å²) in [6, 6.07) is 11.2. The van der Waals surface area contributed by atoms with Crippen molar-refractivity contribution in [1.29, 1.82) is 0 Å². The van der Waals surface area contributed by atoms with Crippen LogP contribution in [0.15, 0.2) is 61.7 Å². The molecule has 2 heterocycles. The van der Waals surface area contributed by atoms with Gasteiger partial charge in [-0.25, -0.2) is 9.78 Å². The van der Waals surface area contributed by atoms with Crippen LogP contribution in [0.1, 0.15) is 16.1 Å². The molecule has 0 N–H and O–H groups in total. The van der Waals surface area contributed by atoms with Crippen LogP contribution in [0, 0.1) is 6.92 Å². The molecular formula is C23H24N4O3. The average Bonchev–Trinajstić information content (AvgIpc) is 3.05. The van der Waals surface area contributed by atoms with E-state index in [2.05, 4.69) is 23.2 Å². The second kappa shape index (κ2) is 9.17. The Balaban J connectivity index is 1.94. The number of fused-ring (bicyclic) bond motifs is 1. The van der Waals surface area contributed by atoms with Gasteiger partial charge in [-0.1, -0.05) is 42.5 Å². The lowest BCUT2D eigenvalue weighted by molar-refractivity contribution is -0.133. The van der Waals surface area contributed by atoms with Gasteiger partial charge in [0, 0.05) is 25.7 Å². The first-order valence-electron chi connectivity index (χ1n) is 9.52. The summed E-state index contributed by atoms with van der Waals surface area (Å²) in [6.45, 7) is 9.42. The lowest BCUT2D eigenvalue weighted by atomic mass is 10.1. The van der Waals surface area contributed by atoms with Gasteiger partial charge >= 0.3 is 5.97 Å². The van der Waals surface area contributed by atoms with Crippen molar-refractivity contribution >= 4 is 22.9 Å². The first-order valence-corrected chi connectivity index (χ1v) is 9.52. The summed E-state index contributed by atoms with van der Waals surface area (Å²) >= 11 is 0. The number of aryl methyl sites for hydroxylation is 2. The number of ether oxygens (including phenoxy) is 1. The monoisotopic (exact) mass is 404 g/mol. The lowest BCUT2D eigenvalue weighted by Gasteiger charge is -2.19. The van der Waals surface area contributed by atoms with E-state index in [1.165, 1.54) is 4.90 Å². The summed E-state index contributed by atoms with van der Waals surface area (Å²) in [6.07, 6.45) is 3.22. The minimum absolute atomic E-state index is 0.320. The molecule has 3 aromatic rings. The Morgan fingerprint density at radius 2 is 1.83 bits per heavy atom. The van der Waals surface area contributed by atoms with E-state index in [0.717, 1.165) is 5.56 Å². The van der Waals surface area contributed by atoms with E-state index >= 15 is 0 Å². The van der Waals surface area contributed by atoms with Crippen molar-refractivity contribution < 1.29 is 14.3 Å². The molecule has 0 saturated heterocycles. The fraction of sp³-hybridized carbons (Fsp3) is 0.217. The molecular weight excluding hydrogens is 380 g/mol. The van der Waals surface area contributed by atoms with E-state index in [0.29, 0.717) is 41.1 Å². The molecule has 2 aromatic heterocycles. The van der Waals surface area contributed by atoms with Gasteiger partial charge in [-0.15, -0.1) is 13.2 Å². The van der Waals surface area contributed by atoms with Crippen LogP contribution < -0.4 is 0 Å². The van der Waals surface area contributed by atoms with Gasteiger partial charge < -0.3 is 9.64 Å². The number of aromatic nitrogens is 3. The molecule has 30 heavy (non-hydrogen) atoms. The predicted molar refractivity (Wildman–Crippen MR) is 116 cm³/mol. The number of amides is 1. The number of rotatable bonds is 8. The molecule has 1 amide bonds. The number of carbonyl (C=O) groups excluding carboxylic acids is 2. The van der Waals surface area contributed by atoms with Crippen molar-refractivity contribution in [3.63, 3.8) is 0 Å². The van der Waals surface area contributed by atoms with Crippen LogP contribution in [-0.2, 0) is 16.6 Å². The van der Waals surface area contributed by atoms with Gasteiger partial charge in [-0.3, -0.25) is 9.48 Å². The molecule has 7 nitrogen and oxygen atoms in total. The second-order valence-corrected chi connectivity index (χ2v) is 6.78. The van der Waals surface area contributed by atoms with Gasteiger partial charge in [0.15, 0.2) is 12.3 Å². The van der Waals surface area contributed by atoms with Crippen molar-refractivity contribution in [1.82, 2.24) is 19.7 Å². The maximum Gasteiger partial charge on any atom is 0.339 e. The van der Waals surface area contributed by atoms with Gasteiger partial charge in [-0.2, -0.15) is 5.10 Å². The van der Waals surface area contributed by atoms with E-state index in [1.54, 1.807) is 29.9 Å². The number of pyridine rings is 1. The molecule has 0 bridgehead atoms. The zero-order valence-corrected chi connectivity index (χ0v) is 17.2. The van der Waals surface area contributed by atoms with Crippen LogP contribution in [0.5, 0.6) is 0 Å². The molecule has 0 aliphatic heterocycles. The van der Waals surface area contributed by atoms with E-state index in [4.69, 9.17) is 4.74 Å². The van der Waals surface area contributed by atoms with Crippen LogP contribution in [0.3, 0.4) is 0 Å². The third-order valence-electron chi connectivity index (χ3n) is 4.64. The summed E-state index contributed by atoms with van der Waals surface area (Å²) in [5.74, 6) is -0.916. The Hall–Kier alpha value is -3.74. The van der Waals surface area contributed by atoms with Crippen LogP contribution in [-0.4, -0.2) is 51.2 Å². The highest BCUT2D eigenvalue weighted by molar-refractivity contribution is 6.05. The van der Waals surface area contributed by atoms with E-state index in [9.17, 15) is 9.59 Å². The minimum Gasteiger partial charge on any atom is -0.452 e. The molecule has 0 radical (unpaired) electrons. The molecule has 1 aromatic carbocycles. The van der Waals surface area contributed by atoms with Crippen molar-refractivity contribution in [2.24, 2.45) is 7.05 Å². The summed E-state index contributed by atoms with van der Waals surface area (Å²) in [7, 11) is 1.78. The molecule has 154 valence electrons. The predicted octanol–water partition coefficient (Wildman–Crippen LogP) is 3.30. The summed E-state index contributed by atoms with van der Waals surface area (Å²) in [5.41, 5.74) is 3.07. The molecule has 3 rings (SSSR count). The SMILES string of the molecule is C=CCN(CC=C)C(=O)COC(=O)c1cc(-c2ccccc2)nc2c1c(C)nn2C. The molecule has 0 aliphatic carbocycles. The largest absolute Gasteiger partial charge is 0.452 e. The minimum atomic E-state index is -0.596. The number of nitrogens with zero attached hydrogens (tertiary/aromatic N) is 4. The molecule has 0 saturated carbocycles. The van der Waals surface area contributed by atoms with Gasteiger partial charge in [0.1, 0.15) is 0 Å². The average molecular weight is 404 g/mol. The van der Waals surface area contributed by atoms with Crippen molar-refractivity contribution in [2.45, 2.75) is 6.92 Å². The maximum absolute atomic E-state index is 12.9. The third-order valence-corrected chi connectivity index (χ3v) is 4.64. The van der Waals surface area contributed by atoms with E-state index in [-0.39, 0.29) is 12.5 Å². The van der Waals surface area contributed by atoms with Crippen molar-refractivity contribution in [3.8, 4) is 11.3 Å². The van der Waals surface area contributed by atoms with E-state index < -0.39 is 5.97 Å². The summed E-state index contributed by atoms with van der Waals surface area (Å²) in [5, 5.41) is 5.00. The van der Waals surface area contributed by atoms with Crippen LogP contribution in [0.25, 0.3) is 22.3 Å². The summed E-state index contributed by atoms with van der Waals surface area (Å²) < 4.78 is 7.00. The third kappa shape index (κ3) is 4.30. The van der Waals surface area contributed by atoms with Crippen LogP contribution in [0.2, 0.25) is 0 Å². The quantitative estimate of drug-likeness (QED) is 0.425. The smallest absolute Gasteiger partial charge is 0.339 e. The number of benzene rings is 1. The maximum atomic E-state index is 12.9. The van der Waals surface area contributed by atoms with Gasteiger partial charge in [-0.05, 0) is 13.0 Å². The fourth-order valence-electron chi connectivity index (χ4n) is 3.25. The zero-order valence-electron chi connectivity index (χ0n) is 17.2.